The van der Waals surface area contributed by atoms with Crippen molar-refractivity contribution in [2.75, 3.05) is 11.5 Å². The van der Waals surface area contributed by atoms with Gasteiger partial charge in [-0.15, -0.1) is 23.5 Å². The van der Waals surface area contributed by atoms with Crippen molar-refractivity contribution in [3.05, 3.63) is 35.4 Å². The number of thioether (sulfide) groups is 2. The SMILES string of the molecule is CCCCSC(Cc1ccccc1C)SCCCC. The Morgan fingerprint density at radius 2 is 1.53 bits per heavy atom. The van der Waals surface area contributed by atoms with E-state index in [1.54, 1.807) is 0 Å². The van der Waals surface area contributed by atoms with Crippen LogP contribution < -0.4 is 0 Å². The number of aryl methyl sites for hydroxylation is 1. The first kappa shape index (κ1) is 17.0. The molecule has 0 heterocycles. The largest absolute Gasteiger partial charge is 0.147 e. The lowest BCUT2D eigenvalue weighted by atomic mass is 10.1. The summed E-state index contributed by atoms with van der Waals surface area (Å²) < 4.78 is 0.735. The molecule has 0 aliphatic rings. The molecule has 2 heteroatoms. The van der Waals surface area contributed by atoms with Crippen LogP contribution in [0.5, 0.6) is 0 Å². The highest BCUT2D eigenvalue weighted by Crippen LogP contribution is 2.29. The Morgan fingerprint density at radius 3 is 2.05 bits per heavy atom. The molecule has 1 rings (SSSR count). The van der Waals surface area contributed by atoms with Crippen LogP contribution in [0.15, 0.2) is 24.3 Å². The summed E-state index contributed by atoms with van der Waals surface area (Å²) in [6, 6.07) is 8.85. The van der Waals surface area contributed by atoms with Gasteiger partial charge in [-0.3, -0.25) is 0 Å². The van der Waals surface area contributed by atoms with Gasteiger partial charge in [-0.1, -0.05) is 51.0 Å². The lowest BCUT2D eigenvalue weighted by molar-refractivity contribution is 0.889. The standard InChI is InChI=1S/C17H28S2/c1-4-6-12-18-17(19-13-7-5-2)14-16-11-9-8-10-15(16)3/h8-11,17H,4-7,12-14H2,1-3H3. The molecule has 0 nitrogen and oxygen atoms in total. The van der Waals surface area contributed by atoms with Crippen LogP contribution in [-0.2, 0) is 6.42 Å². The van der Waals surface area contributed by atoms with Crippen LogP contribution in [0.25, 0.3) is 0 Å². The predicted octanol–water partition coefficient (Wildman–Crippen LogP) is 5.93. The Hall–Kier alpha value is -0.0800. The highest BCUT2D eigenvalue weighted by atomic mass is 32.2. The first-order valence-corrected chi connectivity index (χ1v) is 9.65. The quantitative estimate of drug-likeness (QED) is 0.387. The van der Waals surface area contributed by atoms with Gasteiger partial charge >= 0.3 is 0 Å². The van der Waals surface area contributed by atoms with Gasteiger partial charge in [0.05, 0.1) is 4.58 Å². The summed E-state index contributed by atoms with van der Waals surface area (Å²) in [5, 5.41) is 0. The van der Waals surface area contributed by atoms with E-state index in [4.69, 9.17) is 0 Å². The molecular formula is C17H28S2. The third-order valence-electron chi connectivity index (χ3n) is 3.25. The molecule has 0 spiro atoms. The number of hydrogen-bond acceptors (Lipinski definition) is 2. The van der Waals surface area contributed by atoms with Crippen LogP contribution in [-0.4, -0.2) is 16.1 Å². The Morgan fingerprint density at radius 1 is 0.947 bits per heavy atom. The maximum atomic E-state index is 2.29. The second kappa shape index (κ2) is 10.7. The van der Waals surface area contributed by atoms with Gasteiger partial charge in [0.2, 0.25) is 0 Å². The molecule has 0 radical (unpaired) electrons. The Balaban J connectivity index is 2.49. The van der Waals surface area contributed by atoms with E-state index in [2.05, 4.69) is 68.6 Å². The molecule has 0 aliphatic carbocycles. The van der Waals surface area contributed by atoms with Crippen LogP contribution in [0.3, 0.4) is 0 Å². The van der Waals surface area contributed by atoms with E-state index in [0.29, 0.717) is 0 Å². The van der Waals surface area contributed by atoms with Crippen LogP contribution >= 0.6 is 23.5 Å². The topological polar surface area (TPSA) is 0 Å². The van der Waals surface area contributed by atoms with Gasteiger partial charge in [0.25, 0.3) is 0 Å². The molecule has 0 aliphatic heterocycles. The minimum atomic E-state index is 0.735. The molecule has 1 aromatic carbocycles. The monoisotopic (exact) mass is 296 g/mol. The van der Waals surface area contributed by atoms with Crippen molar-refractivity contribution < 1.29 is 0 Å². The summed E-state index contributed by atoms with van der Waals surface area (Å²) in [4.78, 5) is 0. The normalized spacial score (nSPS) is 11.2. The fraction of sp³-hybridized carbons (Fsp3) is 0.647. The summed E-state index contributed by atoms with van der Waals surface area (Å²) in [5.41, 5.74) is 2.97. The molecule has 108 valence electrons. The van der Waals surface area contributed by atoms with Crippen molar-refractivity contribution in [3.63, 3.8) is 0 Å². The van der Waals surface area contributed by atoms with Gasteiger partial charge < -0.3 is 0 Å². The van der Waals surface area contributed by atoms with Crippen LogP contribution in [0.2, 0.25) is 0 Å². The van der Waals surface area contributed by atoms with Crippen molar-refractivity contribution in [2.24, 2.45) is 0 Å². The minimum Gasteiger partial charge on any atom is -0.147 e. The minimum absolute atomic E-state index is 0.735. The van der Waals surface area contributed by atoms with E-state index < -0.39 is 0 Å². The first-order chi connectivity index (χ1) is 9.27. The zero-order chi connectivity index (χ0) is 13.9. The second-order valence-electron chi connectivity index (χ2n) is 5.01. The molecular weight excluding hydrogens is 268 g/mol. The van der Waals surface area contributed by atoms with E-state index in [1.807, 2.05) is 0 Å². The van der Waals surface area contributed by atoms with E-state index in [1.165, 1.54) is 54.7 Å². The number of rotatable bonds is 10. The molecule has 1 aromatic rings. The molecule has 0 fully saturated rings. The Labute approximate surface area is 128 Å². The summed E-state index contributed by atoms with van der Waals surface area (Å²) in [5.74, 6) is 2.62. The highest BCUT2D eigenvalue weighted by molar-refractivity contribution is 8.17. The van der Waals surface area contributed by atoms with E-state index >= 15 is 0 Å². The third-order valence-corrected chi connectivity index (χ3v) is 6.19. The van der Waals surface area contributed by atoms with Gasteiger partial charge in [0, 0.05) is 0 Å². The van der Waals surface area contributed by atoms with Crippen LogP contribution in [0, 0.1) is 6.92 Å². The van der Waals surface area contributed by atoms with Crippen molar-refractivity contribution in [1.29, 1.82) is 0 Å². The Kier molecular flexibility index (Phi) is 9.54. The summed E-state index contributed by atoms with van der Waals surface area (Å²) in [6.07, 6.45) is 6.54. The molecule has 0 aromatic heterocycles. The summed E-state index contributed by atoms with van der Waals surface area (Å²) in [6.45, 7) is 6.79. The van der Waals surface area contributed by atoms with Crippen LogP contribution in [0.1, 0.15) is 50.7 Å². The molecule has 19 heavy (non-hydrogen) atoms. The van der Waals surface area contributed by atoms with Crippen molar-refractivity contribution >= 4 is 23.5 Å². The predicted molar refractivity (Wildman–Crippen MR) is 93.4 cm³/mol. The number of hydrogen-bond donors (Lipinski definition) is 0. The molecule has 0 N–H and O–H groups in total. The van der Waals surface area contributed by atoms with Gasteiger partial charge in [0.15, 0.2) is 0 Å². The lowest BCUT2D eigenvalue weighted by Crippen LogP contribution is -2.06. The van der Waals surface area contributed by atoms with Crippen molar-refractivity contribution in [1.82, 2.24) is 0 Å². The zero-order valence-electron chi connectivity index (χ0n) is 12.7. The third kappa shape index (κ3) is 7.31. The maximum Gasteiger partial charge on any atom is 0.0542 e. The average Bonchev–Trinajstić information content (AvgIpc) is 2.41. The molecule has 0 unspecified atom stereocenters. The van der Waals surface area contributed by atoms with E-state index in [-0.39, 0.29) is 0 Å². The second-order valence-corrected chi connectivity index (χ2v) is 7.93. The Bertz CT molecular complexity index is 326. The summed E-state index contributed by atoms with van der Waals surface area (Å²) in [7, 11) is 0. The zero-order valence-corrected chi connectivity index (χ0v) is 14.3. The lowest BCUT2D eigenvalue weighted by Gasteiger charge is -2.17. The number of unbranched alkanes of at least 4 members (excludes halogenated alkanes) is 2. The molecule has 0 amide bonds. The molecule has 0 saturated heterocycles. The van der Waals surface area contributed by atoms with Crippen LogP contribution in [0.4, 0.5) is 0 Å². The molecule has 0 saturated carbocycles. The van der Waals surface area contributed by atoms with Gasteiger partial charge in [-0.2, -0.15) is 0 Å². The fourth-order valence-corrected chi connectivity index (χ4v) is 4.90. The smallest absolute Gasteiger partial charge is 0.0542 e. The van der Waals surface area contributed by atoms with Gasteiger partial charge in [0.1, 0.15) is 0 Å². The van der Waals surface area contributed by atoms with Gasteiger partial charge in [-0.05, 0) is 48.8 Å². The molecule has 0 atom stereocenters. The summed E-state index contributed by atoms with van der Waals surface area (Å²) >= 11 is 4.33. The first-order valence-electron chi connectivity index (χ1n) is 7.55. The van der Waals surface area contributed by atoms with E-state index in [9.17, 15) is 0 Å². The molecule has 0 bridgehead atoms. The fourth-order valence-electron chi connectivity index (χ4n) is 1.90. The van der Waals surface area contributed by atoms with Gasteiger partial charge in [-0.25, -0.2) is 0 Å². The number of benzene rings is 1. The van der Waals surface area contributed by atoms with Crippen molar-refractivity contribution in [2.45, 2.75) is 57.5 Å². The maximum absolute atomic E-state index is 2.29. The average molecular weight is 297 g/mol. The highest BCUT2D eigenvalue weighted by Gasteiger charge is 2.11. The van der Waals surface area contributed by atoms with E-state index in [0.717, 1.165) is 4.58 Å². The van der Waals surface area contributed by atoms with Crippen molar-refractivity contribution in [3.8, 4) is 0 Å².